The van der Waals surface area contributed by atoms with Crippen molar-refractivity contribution in [3.05, 3.63) is 34.9 Å². The number of benzene rings is 1. The lowest BCUT2D eigenvalue weighted by Gasteiger charge is -2.19. The Morgan fingerprint density at radius 1 is 1.25 bits per heavy atom. The van der Waals surface area contributed by atoms with Crippen LogP contribution >= 0.6 is 11.6 Å². The van der Waals surface area contributed by atoms with Gasteiger partial charge in [-0.2, -0.15) is 0 Å². The molecule has 0 amide bonds. The molecule has 114 valence electrons. The van der Waals surface area contributed by atoms with E-state index in [0.29, 0.717) is 0 Å². The zero-order valence-electron chi connectivity index (χ0n) is 12.9. The van der Waals surface area contributed by atoms with Gasteiger partial charge in [0, 0.05) is 11.6 Å². The molecule has 0 saturated heterocycles. The Labute approximate surface area is 129 Å². The highest BCUT2D eigenvalue weighted by Crippen LogP contribution is 2.18. The van der Waals surface area contributed by atoms with E-state index in [-0.39, 0.29) is 0 Å². The topological polar surface area (TPSA) is 29.3 Å². The van der Waals surface area contributed by atoms with Crippen LogP contribution < -0.4 is 5.73 Å². The zero-order chi connectivity index (χ0) is 14.8. The molecule has 1 unspecified atom stereocenters. The first-order chi connectivity index (χ1) is 9.65. The maximum atomic E-state index is 6.01. The molecule has 1 aromatic carbocycles. The minimum atomic E-state index is 0.810. The molecule has 2 N–H and O–H groups in total. The fraction of sp³-hybridized carbons (Fsp3) is 0.647. The van der Waals surface area contributed by atoms with E-state index in [1.807, 2.05) is 18.2 Å². The molecule has 0 aliphatic heterocycles. The lowest BCUT2D eigenvalue weighted by molar-refractivity contribution is 0.298. The van der Waals surface area contributed by atoms with Crippen molar-refractivity contribution in [1.82, 2.24) is 4.90 Å². The van der Waals surface area contributed by atoms with E-state index < -0.39 is 0 Å². The number of rotatable bonds is 10. The summed E-state index contributed by atoms with van der Waals surface area (Å²) in [6.45, 7) is 5.19. The van der Waals surface area contributed by atoms with E-state index in [0.717, 1.165) is 30.6 Å². The summed E-state index contributed by atoms with van der Waals surface area (Å²) < 4.78 is 0. The zero-order valence-corrected chi connectivity index (χ0v) is 13.7. The second-order valence-corrected chi connectivity index (χ2v) is 6.18. The highest BCUT2D eigenvalue weighted by Gasteiger charge is 2.08. The predicted molar refractivity (Wildman–Crippen MR) is 89.1 cm³/mol. The van der Waals surface area contributed by atoms with Crippen LogP contribution in [0.3, 0.4) is 0 Å². The maximum absolute atomic E-state index is 6.01. The molecule has 0 aromatic heterocycles. The Bertz CT molecular complexity index is 362. The summed E-state index contributed by atoms with van der Waals surface area (Å²) in [4.78, 5) is 2.37. The second kappa shape index (κ2) is 10.2. The number of hydrogen-bond acceptors (Lipinski definition) is 2. The van der Waals surface area contributed by atoms with Gasteiger partial charge >= 0.3 is 0 Å². The van der Waals surface area contributed by atoms with Crippen LogP contribution in [0.4, 0.5) is 0 Å². The summed E-state index contributed by atoms with van der Waals surface area (Å²) in [5.41, 5.74) is 6.97. The van der Waals surface area contributed by atoms with Gasteiger partial charge in [0.2, 0.25) is 0 Å². The fourth-order valence-electron chi connectivity index (χ4n) is 2.75. The van der Waals surface area contributed by atoms with Crippen molar-refractivity contribution in [2.75, 3.05) is 20.1 Å². The van der Waals surface area contributed by atoms with Gasteiger partial charge in [-0.1, -0.05) is 43.5 Å². The SMILES string of the molecule is CCCC(CCN)CCCN(C)Cc1cccc(Cl)c1. The third-order valence-corrected chi connectivity index (χ3v) is 4.00. The van der Waals surface area contributed by atoms with Gasteiger partial charge in [0.15, 0.2) is 0 Å². The minimum absolute atomic E-state index is 0.810. The average Bonchev–Trinajstić information content (AvgIpc) is 2.39. The summed E-state index contributed by atoms with van der Waals surface area (Å²) in [6, 6.07) is 8.13. The van der Waals surface area contributed by atoms with Gasteiger partial charge in [0.25, 0.3) is 0 Å². The van der Waals surface area contributed by atoms with Crippen LogP contribution in [-0.4, -0.2) is 25.0 Å². The number of hydrogen-bond donors (Lipinski definition) is 1. The third kappa shape index (κ3) is 7.28. The molecule has 1 aromatic rings. The monoisotopic (exact) mass is 296 g/mol. The van der Waals surface area contributed by atoms with Crippen LogP contribution in [0, 0.1) is 5.92 Å². The van der Waals surface area contributed by atoms with Gasteiger partial charge in [0.05, 0.1) is 0 Å². The van der Waals surface area contributed by atoms with E-state index in [9.17, 15) is 0 Å². The molecule has 0 aliphatic rings. The van der Waals surface area contributed by atoms with Crippen molar-refractivity contribution in [3.63, 3.8) is 0 Å². The van der Waals surface area contributed by atoms with Crippen LogP contribution in [-0.2, 0) is 6.54 Å². The first-order valence-electron chi connectivity index (χ1n) is 7.78. The summed E-state index contributed by atoms with van der Waals surface area (Å²) >= 11 is 6.01. The minimum Gasteiger partial charge on any atom is -0.330 e. The molecule has 2 nitrogen and oxygen atoms in total. The van der Waals surface area contributed by atoms with E-state index in [2.05, 4.69) is 24.9 Å². The van der Waals surface area contributed by atoms with Gasteiger partial charge < -0.3 is 10.6 Å². The summed E-state index contributed by atoms with van der Waals surface area (Å²) in [5.74, 6) is 0.810. The van der Waals surface area contributed by atoms with Crippen molar-refractivity contribution < 1.29 is 0 Å². The van der Waals surface area contributed by atoms with Crippen molar-refractivity contribution in [3.8, 4) is 0 Å². The molecule has 0 heterocycles. The molecule has 0 bridgehead atoms. The number of nitrogens with two attached hydrogens (primary N) is 1. The highest BCUT2D eigenvalue weighted by atomic mass is 35.5. The molecule has 0 aliphatic carbocycles. The average molecular weight is 297 g/mol. The molecular weight excluding hydrogens is 268 g/mol. The molecule has 0 saturated carbocycles. The van der Waals surface area contributed by atoms with Crippen molar-refractivity contribution in [2.45, 2.75) is 45.6 Å². The highest BCUT2D eigenvalue weighted by molar-refractivity contribution is 6.30. The molecule has 0 radical (unpaired) electrons. The van der Waals surface area contributed by atoms with Gasteiger partial charge in [-0.05, 0) is 63.0 Å². The second-order valence-electron chi connectivity index (χ2n) is 5.74. The van der Waals surface area contributed by atoms with E-state index >= 15 is 0 Å². The maximum Gasteiger partial charge on any atom is 0.0409 e. The first-order valence-corrected chi connectivity index (χ1v) is 8.16. The Kier molecular flexibility index (Phi) is 8.92. The van der Waals surface area contributed by atoms with Crippen molar-refractivity contribution in [1.29, 1.82) is 0 Å². The Balaban J connectivity index is 2.26. The lowest BCUT2D eigenvalue weighted by Crippen LogP contribution is -2.20. The number of halogens is 1. The summed E-state index contributed by atoms with van der Waals surface area (Å²) in [5, 5.41) is 0.821. The first kappa shape index (κ1) is 17.5. The van der Waals surface area contributed by atoms with Gasteiger partial charge in [0.1, 0.15) is 0 Å². The van der Waals surface area contributed by atoms with Crippen LogP contribution in [0.25, 0.3) is 0 Å². The molecule has 1 atom stereocenters. The van der Waals surface area contributed by atoms with Gasteiger partial charge in [-0.15, -0.1) is 0 Å². The normalized spacial score (nSPS) is 12.8. The van der Waals surface area contributed by atoms with Gasteiger partial charge in [-0.3, -0.25) is 0 Å². The molecule has 0 fully saturated rings. The summed E-state index contributed by atoms with van der Waals surface area (Å²) in [6.07, 6.45) is 6.30. The standard InChI is InChI=1S/C17H29ClN2/c1-3-6-15(10-11-19)8-5-12-20(2)14-16-7-4-9-17(18)13-16/h4,7,9,13,15H,3,5-6,8,10-12,14,19H2,1-2H3. The largest absolute Gasteiger partial charge is 0.330 e. The predicted octanol–water partition coefficient (Wildman–Crippen LogP) is 4.32. The van der Waals surface area contributed by atoms with E-state index in [1.54, 1.807) is 0 Å². The van der Waals surface area contributed by atoms with Crippen LogP contribution in [0.2, 0.25) is 5.02 Å². The summed E-state index contributed by atoms with van der Waals surface area (Å²) in [7, 11) is 2.18. The Morgan fingerprint density at radius 3 is 2.70 bits per heavy atom. The molecule has 1 rings (SSSR count). The quantitative estimate of drug-likeness (QED) is 0.697. The molecule has 3 heteroatoms. The smallest absolute Gasteiger partial charge is 0.0409 e. The molecule has 0 spiro atoms. The Hall–Kier alpha value is -0.570. The van der Waals surface area contributed by atoms with Crippen LogP contribution in [0.5, 0.6) is 0 Å². The van der Waals surface area contributed by atoms with Crippen molar-refractivity contribution >= 4 is 11.6 Å². The van der Waals surface area contributed by atoms with E-state index in [4.69, 9.17) is 17.3 Å². The van der Waals surface area contributed by atoms with Crippen molar-refractivity contribution in [2.24, 2.45) is 11.7 Å². The third-order valence-electron chi connectivity index (χ3n) is 3.77. The Morgan fingerprint density at radius 2 is 2.05 bits per heavy atom. The molecular formula is C17H29ClN2. The van der Waals surface area contributed by atoms with Crippen LogP contribution in [0.15, 0.2) is 24.3 Å². The fourth-order valence-corrected chi connectivity index (χ4v) is 2.97. The number of nitrogens with zero attached hydrogens (tertiary/aromatic N) is 1. The lowest BCUT2D eigenvalue weighted by atomic mass is 9.94. The van der Waals surface area contributed by atoms with Crippen LogP contribution in [0.1, 0.15) is 44.6 Å². The molecule has 20 heavy (non-hydrogen) atoms. The van der Waals surface area contributed by atoms with Gasteiger partial charge in [-0.25, -0.2) is 0 Å². The van der Waals surface area contributed by atoms with E-state index in [1.165, 1.54) is 37.7 Å².